The molecular weight excluding hydrogens is 390 g/mol. The van der Waals surface area contributed by atoms with Gasteiger partial charge in [-0.2, -0.15) is 0 Å². The fourth-order valence-electron chi connectivity index (χ4n) is 2.29. The van der Waals surface area contributed by atoms with E-state index in [2.05, 4.69) is 32.1 Å². The molecule has 7 heteroatoms. The maximum Gasteiger partial charge on any atom is 0.305 e. The van der Waals surface area contributed by atoms with Crippen LogP contribution in [0.2, 0.25) is 0 Å². The zero-order valence-electron chi connectivity index (χ0n) is 12.7. The van der Waals surface area contributed by atoms with Gasteiger partial charge < -0.3 is 9.73 Å². The lowest BCUT2D eigenvalue weighted by atomic mass is 10.1. The molecule has 0 radical (unpaired) electrons. The number of hydrazine groups is 1. The van der Waals surface area contributed by atoms with Crippen LogP contribution in [0.25, 0.3) is 11.0 Å². The number of hydrogen-bond acceptors (Lipinski definition) is 3. The normalized spacial score (nSPS) is 10.4. The molecular formula is C17H14BrN3O2S. The Hall–Kier alpha value is -2.38. The van der Waals surface area contributed by atoms with Crippen molar-refractivity contribution >= 4 is 55.8 Å². The second-order valence-electron chi connectivity index (χ2n) is 5.10. The van der Waals surface area contributed by atoms with Gasteiger partial charge in [-0.3, -0.25) is 15.6 Å². The van der Waals surface area contributed by atoms with Crippen LogP contribution >= 0.6 is 28.1 Å². The number of aryl methyl sites for hydroxylation is 1. The molecule has 1 aromatic heterocycles. The van der Waals surface area contributed by atoms with Gasteiger partial charge in [-0.1, -0.05) is 40.2 Å². The monoisotopic (exact) mass is 403 g/mol. The molecule has 0 aliphatic carbocycles. The molecule has 0 unspecified atom stereocenters. The van der Waals surface area contributed by atoms with Crippen LogP contribution < -0.4 is 16.2 Å². The molecule has 122 valence electrons. The number of amides is 1. The summed E-state index contributed by atoms with van der Waals surface area (Å²) in [4.78, 5) is 12.3. The van der Waals surface area contributed by atoms with Crippen LogP contribution in [0.5, 0.6) is 0 Å². The highest BCUT2D eigenvalue weighted by Gasteiger charge is 2.17. The molecule has 0 spiro atoms. The van der Waals surface area contributed by atoms with E-state index in [-0.39, 0.29) is 16.8 Å². The Labute approximate surface area is 152 Å². The number of carbonyl (C=O) groups excluding carboxylic acids is 1. The Bertz CT molecular complexity index is 923. The van der Waals surface area contributed by atoms with E-state index in [4.69, 9.17) is 16.6 Å². The Morgan fingerprint density at radius 2 is 1.92 bits per heavy atom. The second-order valence-corrected chi connectivity index (χ2v) is 6.42. The Balaban J connectivity index is 1.64. The zero-order chi connectivity index (χ0) is 17.1. The first kappa shape index (κ1) is 16.5. The first-order valence-corrected chi connectivity index (χ1v) is 8.36. The number of thiocarbonyl (C=S) groups is 1. The van der Waals surface area contributed by atoms with E-state index in [1.807, 2.05) is 55.5 Å². The summed E-state index contributed by atoms with van der Waals surface area (Å²) in [5, 5.41) is 4.16. The number of nitrogens with one attached hydrogen (secondary N) is 3. The van der Waals surface area contributed by atoms with E-state index < -0.39 is 0 Å². The van der Waals surface area contributed by atoms with Crippen LogP contribution in [0, 0.1) is 6.92 Å². The van der Waals surface area contributed by atoms with Crippen molar-refractivity contribution in [3.63, 3.8) is 0 Å². The highest BCUT2D eigenvalue weighted by atomic mass is 79.9. The van der Waals surface area contributed by atoms with E-state index in [0.717, 1.165) is 21.1 Å². The van der Waals surface area contributed by atoms with Gasteiger partial charge in [0.2, 0.25) is 0 Å². The molecule has 0 aliphatic heterocycles. The van der Waals surface area contributed by atoms with Crippen molar-refractivity contribution in [3.8, 4) is 0 Å². The van der Waals surface area contributed by atoms with Gasteiger partial charge in [-0.05, 0) is 43.4 Å². The largest absolute Gasteiger partial charge is 0.451 e. The Morgan fingerprint density at radius 3 is 2.67 bits per heavy atom. The lowest BCUT2D eigenvalue weighted by Crippen LogP contribution is -2.43. The second kappa shape index (κ2) is 7.02. The van der Waals surface area contributed by atoms with Crippen molar-refractivity contribution in [1.82, 2.24) is 10.9 Å². The third-order valence-electron chi connectivity index (χ3n) is 3.42. The molecule has 1 heterocycles. The lowest BCUT2D eigenvalue weighted by molar-refractivity contribution is 0.0917. The van der Waals surface area contributed by atoms with Crippen LogP contribution in [0.4, 0.5) is 5.69 Å². The maximum atomic E-state index is 12.3. The number of halogens is 1. The zero-order valence-corrected chi connectivity index (χ0v) is 15.1. The first-order valence-electron chi connectivity index (χ1n) is 7.15. The molecule has 0 aliphatic rings. The van der Waals surface area contributed by atoms with Gasteiger partial charge >= 0.3 is 5.91 Å². The summed E-state index contributed by atoms with van der Waals surface area (Å²) in [6.45, 7) is 1.85. The van der Waals surface area contributed by atoms with Crippen molar-refractivity contribution in [1.29, 1.82) is 0 Å². The number of carbonyl (C=O) groups is 1. The van der Waals surface area contributed by atoms with Crippen molar-refractivity contribution < 1.29 is 9.21 Å². The number of para-hydroxylation sites is 1. The summed E-state index contributed by atoms with van der Waals surface area (Å²) in [5.41, 5.74) is 7.47. The number of furan rings is 1. The summed E-state index contributed by atoms with van der Waals surface area (Å²) in [7, 11) is 0. The van der Waals surface area contributed by atoms with Gasteiger partial charge in [0.1, 0.15) is 5.58 Å². The van der Waals surface area contributed by atoms with E-state index in [1.54, 1.807) is 0 Å². The van der Waals surface area contributed by atoms with Gasteiger partial charge in [0.25, 0.3) is 0 Å². The van der Waals surface area contributed by atoms with Crippen molar-refractivity contribution in [2.45, 2.75) is 6.92 Å². The summed E-state index contributed by atoms with van der Waals surface area (Å²) in [6.07, 6.45) is 0. The fourth-order valence-corrected chi connectivity index (χ4v) is 2.86. The van der Waals surface area contributed by atoms with Gasteiger partial charge in [0.05, 0.1) is 0 Å². The lowest BCUT2D eigenvalue weighted by Gasteiger charge is -2.11. The van der Waals surface area contributed by atoms with E-state index in [1.165, 1.54) is 0 Å². The fraction of sp³-hybridized carbons (Fsp3) is 0.0588. The Morgan fingerprint density at radius 1 is 1.12 bits per heavy atom. The molecule has 3 aromatic rings. The molecule has 3 N–H and O–H groups in total. The summed E-state index contributed by atoms with van der Waals surface area (Å²) >= 11 is 8.55. The molecule has 0 atom stereocenters. The van der Waals surface area contributed by atoms with E-state index >= 15 is 0 Å². The Kier molecular flexibility index (Phi) is 4.82. The van der Waals surface area contributed by atoms with Crippen LogP contribution in [0.3, 0.4) is 0 Å². The first-order chi connectivity index (χ1) is 11.5. The van der Waals surface area contributed by atoms with Crippen LogP contribution in [-0.2, 0) is 0 Å². The van der Waals surface area contributed by atoms with Gasteiger partial charge in [0, 0.05) is 21.1 Å². The maximum absolute atomic E-state index is 12.3. The van der Waals surface area contributed by atoms with Crippen molar-refractivity contribution in [3.05, 3.63) is 64.3 Å². The summed E-state index contributed by atoms with van der Waals surface area (Å²) in [5.74, 6) is -0.129. The highest BCUT2D eigenvalue weighted by molar-refractivity contribution is 9.10. The number of anilines is 1. The summed E-state index contributed by atoms with van der Waals surface area (Å²) < 4.78 is 6.53. The van der Waals surface area contributed by atoms with Crippen LogP contribution in [-0.4, -0.2) is 11.0 Å². The molecule has 5 nitrogen and oxygen atoms in total. The third-order valence-corrected chi connectivity index (χ3v) is 4.12. The quantitative estimate of drug-likeness (QED) is 0.443. The predicted molar refractivity (Wildman–Crippen MR) is 102 cm³/mol. The minimum Gasteiger partial charge on any atom is -0.451 e. The average Bonchev–Trinajstić information content (AvgIpc) is 2.90. The minimum absolute atomic E-state index is 0.258. The molecule has 3 rings (SSSR count). The molecule has 0 saturated carbocycles. The van der Waals surface area contributed by atoms with E-state index in [0.29, 0.717) is 5.58 Å². The van der Waals surface area contributed by atoms with Gasteiger partial charge in [-0.25, -0.2) is 0 Å². The van der Waals surface area contributed by atoms with Crippen LogP contribution in [0.1, 0.15) is 16.1 Å². The third kappa shape index (κ3) is 3.58. The highest BCUT2D eigenvalue weighted by Crippen LogP contribution is 2.24. The standard InChI is InChI=1S/C17H14BrN3O2S/c1-10-13-7-2-3-8-14(13)23-15(10)16(22)20-21-17(24)19-12-6-4-5-11(18)9-12/h2-9H,1H3,(H,20,22)(H2,19,21,24). The van der Waals surface area contributed by atoms with Crippen LogP contribution in [0.15, 0.2) is 57.4 Å². The smallest absolute Gasteiger partial charge is 0.305 e. The molecule has 0 fully saturated rings. The average molecular weight is 404 g/mol. The molecule has 0 bridgehead atoms. The van der Waals surface area contributed by atoms with E-state index in [9.17, 15) is 4.79 Å². The molecule has 0 saturated heterocycles. The molecule has 24 heavy (non-hydrogen) atoms. The number of benzene rings is 2. The molecule has 2 aromatic carbocycles. The topological polar surface area (TPSA) is 66.3 Å². The van der Waals surface area contributed by atoms with Crippen molar-refractivity contribution in [2.75, 3.05) is 5.32 Å². The van der Waals surface area contributed by atoms with Gasteiger partial charge in [-0.15, -0.1) is 0 Å². The molecule has 1 amide bonds. The minimum atomic E-state index is -0.387. The predicted octanol–water partition coefficient (Wildman–Crippen LogP) is 4.14. The number of rotatable bonds is 2. The number of fused-ring (bicyclic) bond motifs is 1. The van der Waals surface area contributed by atoms with Crippen molar-refractivity contribution in [2.24, 2.45) is 0 Å². The summed E-state index contributed by atoms with van der Waals surface area (Å²) in [6, 6.07) is 15.0. The SMILES string of the molecule is Cc1c(C(=O)NNC(=S)Nc2cccc(Br)c2)oc2ccccc12. The van der Waals surface area contributed by atoms with Gasteiger partial charge in [0.15, 0.2) is 10.9 Å². The number of hydrogen-bond donors (Lipinski definition) is 3.